The van der Waals surface area contributed by atoms with Crippen LogP contribution in [0.3, 0.4) is 0 Å². The molecule has 1 atom stereocenters. The molecule has 1 aromatic carbocycles. The predicted octanol–water partition coefficient (Wildman–Crippen LogP) is 1.04. The molecule has 112 valence electrons. The molecule has 3 rings (SSSR count). The molecule has 21 heavy (non-hydrogen) atoms. The van der Waals surface area contributed by atoms with E-state index in [1.54, 1.807) is 0 Å². The van der Waals surface area contributed by atoms with Gasteiger partial charge in [-0.15, -0.1) is 0 Å². The van der Waals surface area contributed by atoms with Crippen molar-refractivity contribution in [3.05, 3.63) is 30.5 Å². The van der Waals surface area contributed by atoms with Crippen molar-refractivity contribution in [2.45, 2.75) is 10.3 Å². The first-order chi connectivity index (χ1) is 10.0. The van der Waals surface area contributed by atoms with Crippen LogP contribution in [-0.2, 0) is 10.0 Å². The van der Waals surface area contributed by atoms with E-state index in [4.69, 9.17) is 14.6 Å². The maximum absolute atomic E-state index is 11.2. The number of thiazole rings is 1. The van der Waals surface area contributed by atoms with Gasteiger partial charge in [0.25, 0.3) is 0 Å². The van der Waals surface area contributed by atoms with Crippen LogP contribution in [0, 0.1) is 0 Å². The van der Waals surface area contributed by atoms with Gasteiger partial charge in [-0.2, -0.15) is 0 Å². The Balaban J connectivity index is 1.61. The number of primary sulfonamides is 1. The van der Waals surface area contributed by atoms with Crippen LogP contribution in [0.25, 0.3) is 0 Å². The molecule has 0 fully saturated rings. The van der Waals surface area contributed by atoms with Crippen LogP contribution in [0.2, 0.25) is 0 Å². The van der Waals surface area contributed by atoms with Crippen molar-refractivity contribution in [1.82, 2.24) is 4.98 Å². The summed E-state index contributed by atoms with van der Waals surface area (Å²) in [6.07, 6.45) is 1.05. The minimum Gasteiger partial charge on any atom is -0.486 e. The number of hydrogen-bond donors (Lipinski definition) is 2. The molecule has 2 heterocycles. The summed E-state index contributed by atoms with van der Waals surface area (Å²) in [5, 5.41) is 8.53. The van der Waals surface area contributed by atoms with E-state index in [0.717, 1.165) is 17.1 Å². The molecule has 7 nitrogen and oxygen atoms in total. The third kappa shape index (κ3) is 3.26. The van der Waals surface area contributed by atoms with Gasteiger partial charge in [0.05, 0.1) is 12.7 Å². The molecule has 0 bridgehead atoms. The lowest BCUT2D eigenvalue weighted by atomic mass is 10.2. The standard InChI is InChI=1S/C12H13N3O4S2/c13-21(16,17)11-6-15-12(20-11)14-5-8-7-18-9-3-1-2-4-10(9)19-8/h1-4,6,8H,5,7H2,(H,14,15)(H2,13,16,17)/t8-/m1/s1. The Labute approximate surface area is 125 Å². The zero-order valence-electron chi connectivity index (χ0n) is 10.9. The maximum Gasteiger partial charge on any atom is 0.249 e. The Morgan fingerprint density at radius 2 is 2.14 bits per heavy atom. The van der Waals surface area contributed by atoms with E-state index in [1.165, 1.54) is 6.20 Å². The van der Waals surface area contributed by atoms with Gasteiger partial charge in [0.15, 0.2) is 20.8 Å². The second kappa shape index (κ2) is 5.51. The molecule has 0 aliphatic carbocycles. The average Bonchev–Trinajstić information content (AvgIpc) is 2.94. The molecular weight excluding hydrogens is 314 g/mol. The number of fused-ring (bicyclic) bond motifs is 1. The molecule has 0 saturated heterocycles. The highest BCUT2D eigenvalue weighted by atomic mass is 32.2. The van der Waals surface area contributed by atoms with E-state index in [0.29, 0.717) is 24.0 Å². The molecule has 1 aromatic heterocycles. The Morgan fingerprint density at radius 1 is 1.38 bits per heavy atom. The van der Waals surface area contributed by atoms with Gasteiger partial charge < -0.3 is 14.8 Å². The number of benzene rings is 1. The Morgan fingerprint density at radius 3 is 2.86 bits per heavy atom. The van der Waals surface area contributed by atoms with E-state index in [1.807, 2.05) is 24.3 Å². The highest BCUT2D eigenvalue weighted by Gasteiger charge is 2.21. The number of nitrogens with one attached hydrogen (secondary N) is 1. The highest BCUT2D eigenvalue weighted by Crippen LogP contribution is 2.31. The zero-order chi connectivity index (χ0) is 14.9. The smallest absolute Gasteiger partial charge is 0.249 e. The second-order valence-electron chi connectivity index (χ2n) is 4.41. The number of nitrogens with two attached hydrogens (primary N) is 1. The lowest BCUT2D eigenvalue weighted by molar-refractivity contribution is 0.0997. The van der Waals surface area contributed by atoms with Gasteiger partial charge in [0.2, 0.25) is 10.0 Å². The molecule has 0 radical (unpaired) electrons. The predicted molar refractivity (Wildman–Crippen MR) is 78.3 cm³/mol. The summed E-state index contributed by atoms with van der Waals surface area (Å²) in [7, 11) is -3.71. The van der Waals surface area contributed by atoms with Crippen molar-refractivity contribution in [3.8, 4) is 11.5 Å². The molecule has 1 aliphatic rings. The van der Waals surface area contributed by atoms with Gasteiger partial charge in [0, 0.05) is 0 Å². The quantitative estimate of drug-likeness (QED) is 0.870. The third-order valence-corrected chi connectivity index (χ3v) is 5.18. The molecule has 3 N–H and O–H groups in total. The molecule has 9 heteroatoms. The number of nitrogens with zero attached hydrogens (tertiary/aromatic N) is 1. The fourth-order valence-electron chi connectivity index (χ4n) is 1.84. The van der Waals surface area contributed by atoms with E-state index < -0.39 is 10.0 Å². The molecule has 0 spiro atoms. The van der Waals surface area contributed by atoms with Crippen LogP contribution in [0.5, 0.6) is 11.5 Å². The lowest BCUT2D eigenvalue weighted by Gasteiger charge is -2.26. The lowest BCUT2D eigenvalue weighted by Crippen LogP contribution is -2.35. The molecule has 0 unspecified atom stereocenters. The zero-order valence-corrected chi connectivity index (χ0v) is 12.5. The monoisotopic (exact) mass is 327 g/mol. The van der Waals surface area contributed by atoms with Crippen molar-refractivity contribution in [3.63, 3.8) is 0 Å². The van der Waals surface area contributed by atoms with Crippen LogP contribution in [0.15, 0.2) is 34.7 Å². The van der Waals surface area contributed by atoms with E-state index in [9.17, 15) is 8.42 Å². The number of rotatable bonds is 4. The van der Waals surface area contributed by atoms with Gasteiger partial charge in [-0.3, -0.25) is 0 Å². The van der Waals surface area contributed by atoms with Crippen LogP contribution in [-0.4, -0.2) is 32.7 Å². The van der Waals surface area contributed by atoms with Crippen LogP contribution < -0.4 is 19.9 Å². The molecule has 2 aromatic rings. The van der Waals surface area contributed by atoms with Crippen molar-refractivity contribution >= 4 is 26.5 Å². The van der Waals surface area contributed by atoms with E-state index in [-0.39, 0.29) is 10.3 Å². The number of anilines is 1. The summed E-state index contributed by atoms with van der Waals surface area (Å²) < 4.78 is 33.7. The summed E-state index contributed by atoms with van der Waals surface area (Å²) >= 11 is 0.982. The van der Waals surface area contributed by atoms with Crippen molar-refractivity contribution in [2.24, 2.45) is 5.14 Å². The maximum atomic E-state index is 11.2. The van der Waals surface area contributed by atoms with Crippen molar-refractivity contribution in [2.75, 3.05) is 18.5 Å². The first-order valence-electron chi connectivity index (χ1n) is 6.13. The summed E-state index contributed by atoms with van der Waals surface area (Å²) in [6.45, 7) is 0.864. The van der Waals surface area contributed by atoms with Gasteiger partial charge in [-0.05, 0) is 12.1 Å². The van der Waals surface area contributed by atoms with Gasteiger partial charge >= 0.3 is 0 Å². The molecule has 1 aliphatic heterocycles. The Kier molecular flexibility index (Phi) is 3.70. The summed E-state index contributed by atoms with van der Waals surface area (Å²) in [5.41, 5.74) is 0. The topological polar surface area (TPSA) is 104 Å². The largest absolute Gasteiger partial charge is 0.486 e. The van der Waals surface area contributed by atoms with Crippen molar-refractivity contribution in [1.29, 1.82) is 0 Å². The first kappa shape index (κ1) is 14.1. The first-order valence-corrected chi connectivity index (χ1v) is 8.49. The Hall–Kier alpha value is -1.84. The third-order valence-electron chi connectivity index (χ3n) is 2.81. The van der Waals surface area contributed by atoms with E-state index in [2.05, 4.69) is 10.3 Å². The van der Waals surface area contributed by atoms with Crippen LogP contribution in [0.1, 0.15) is 0 Å². The summed E-state index contributed by atoms with van der Waals surface area (Å²) in [4.78, 5) is 3.96. The fraction of sp³-hybridized carbons (Fsp3) is 0.250. The minimum atomic E-state index is -3.71. The number of ether oxygens (including phenoxy) is 2. The SMILES string of the molecule is NS(=O)(=O)c1cnc(NC[C@@H]2COc3ccccc3O2)s1. The van der Waals surface area contributed by atoms with Gasteiger partial charge in [-0.1, -0.05) is 23.5 Å². The normalized spacial score (nSPS) is 17.5. The number of aromatic nitrogens is 1. The average molecular weight is 327 g/mol. The van der Waals surface area contributed by atoms with Gasteiger partial charge in [-0.25, -0.2) is 18.5 Å². The summed E-state index contributed by atoms with van der Waals surface area (Å²) in [6, 6.07) is 7.44. The molecule has 0 saturated carbocycles. The fourth-order valence-corrected chi connectivity index (χ4v) is 3.30. The highest BCUT2D eigenvalue weighted by molar-refractivity contribution is 7.91. The van der Waals surface area contributed by atoms with Crippen LogP contribution in [0.4, 0.5) is 5.13 Å². The summed E-state index contributed by atoms with van der Waals surface area (Å²) in [5.74, 6) is 1.42. The Bertz CT molecular complexity index is 744. The number of hydrogen-bond acceptors (Lipinski definition) is 7. The van der Waals surface area contributed by atoms with Crippen LogP contribution >= 0.6 is 11.3 Å². The van der Waals surface area contributed by atoms with Crippen molar-refractivity contribution < 1.29 is 17.9 Å². The molecule has 0 amide bonds. The number of sulfonamides is 1. The van der Waals surface area contributed by atoms with E-state index >= 15 is 0 Å². The second-order valence-corrected chi connectivity index (χ2v) is 7.23. The van der Waals surface area contributed by atoms with Gasteiger partial charge in [0.1, 0.15) is 12.7 Å². The minimum absolute atomic E-state index is 0.0242. The number of para-hydroxylation sites is 2. The molecular formula is C12H13N3O4S2.